The van der Waals surface area contributed by atoms with Crippen molar-refractivity contribution in [3.8, 4) is 0 Å². The SMILES string of the molecule is Cc1nnc(NC(=O)c2cccc(NN)c2)s1. The summed E-state index contributed by atoms with van der Waals surface area (Å²) >= 11 is 1.33. The number of hydrogen-bond donors (Lipinski definition) is 3. The number of hydrogen-bond acceptors (Lipinski definition) is 6. The number of amides is 1. The van der Waals surface area contributed by atoms with Crippen LogP contribution in [0.25, 0.3) is 0 Å². The maximum atomic E-state index is 11.9. The van der Waals surface area contributed by atoms with Gasteiger partial charge in [-0.2, -0.15) is 0 Å². The molecule has 1 aromatic carbocycles. The van der Waals surface area contributed by atoms with Crippen molar-refractivity contribution >= 4 is 28.1 Å². The first-order chi connectivity index (χ1) is 8.19. The smallest absolute Gasteiger partial charge is 0.257 e. The van der Waals surface area contributed by atoms with Crippen LogP contribution in [0.15, 0.2) is 24.3 Å². The molecule has 0 fully saturated rings. The number of hydrazine groups is 1. The summed E-state index contributed by atoms with van der Waals surface area (Å²) in [5.74, 6) is 5.04. The highest BCUT2D eigenvalue weighted by atomic mass is 32.1. The van der Waals surface area contributed by atoms with Gasteiger partial charge in [-0.25, -0.2) is 0 Å². The molecule has 0 unspecified atom stereocenters. The summed E-state index contributed by atoms with van der Waals surface area (Å²) in [6.45, 7) is 1.83. The first kappa shape index (κ1) is 11.5. The van der Waals surface area contributed by atoms with Crippen LogP contribution in [0.2, 0.25) is 0 Å². The van der Waals surface area contributed by atoms with Gasteiger partial charge in [-0.3, -0.25) is 16.0 Å². The Bertz CT molecular complexity index is 539. The quantitative estimate of drug-likeness (QED) is 0.564. The Morgan fingerprint density at radius 2 is 2.24 bits per heavy atom. The molecule has 0 aliphatic heterocycles. The Labute approximate surface area is 102 Å². The number of nitrogens with two attached hydrogens (primary N) is 1. The van der Waals surface area contributed by atoms with Crippen LogP contribution in [-0.2, 0) is 0 Å². The van der Waals surface area contributed by atoms with E-state index in [1.807, 2.05) is 6.92 Å². The number of anilines is 2. The van der Waals surface area contributed by atoms with E-state index in [-0.39, 0.29) is 5.91 Å². The van der Waals surface area contributed by atoms with Gasteiger partial charge in [-0.1, -0.05) is 17.4 Å². The lowest BCUT2D eigenvalue weighted by Gasteiger charge is -2.03. The summed E-state index contributed by atoms with van der Waals surface area (Å²) < 4.78 is 0. The van der Waals surface area contributed by atoms with Crippen molar-refractivity contribution in [2.24, 2.45) is 5.84 Å². The molecule has 0 aliphatic carbocycles. The molecule has 0 atom stereocenters. The zero-order valence-corrected chi connectivity index (χ0v) is 9.91. The molecule has 1 heterocycles. The molecule has 4 N–H and O–H groups in total. The Morgan fingerprint density at radius 1 is 1.41 bits per heavy atom. The predicted molar refractivity (Wildman–Crippen MR) is 66.9 cm³/mol. The fourth-order valence-electron chi connectivity index (χ4n) is 1.27. The first-order valence-electron chi connectivity index (χ1n) is 4.87. The second-order valence-corrected chi connectivity index (χ2v) is 4.49. The van der Waals surface area contributed by atoms with Gasteiger partial charge >= 0.3 is 0 Å². The van der Waals surface area contributed by atoms with Crippen LogP contribution >= 0.6 is 11.3 Å². The highest BCUT2D eigenvalue weighted by Gasteiger charge is 2.09. The molecule has 0 spiro atoms. The van der Waals surface area contributed by atoms with Crippen molar-refractivity contribution in [3.05, 3.63) is 34.8 Å². The summed E-state index contributed by atoms with van der Waals surface area (Å²) in [5, 5.41) is 11.6. The zero-order valence-electron chi connectivity index (χ0n) is 9.10. The predicted octanol–water partition coefficient (Wildman–Crippen LogP) is 1.38. The van der Waals surface area contributed by atoms with E-state index >= 15 is 0 Å². The molecule has 6 nitrogen and oxygen atoms in total. The standard InChI is InChI=1S/C10H11N5OS/c1-6-14-15-10(17-6)12-9(16)7-3-2-4-8(5-7)13-11/h2-5,13H,11H2,1H3,(H,12,15,16). The fourth-order valence-corrected chi connectivity index (χ4v) is 1.85. The van der Waals surface area contributed by atoms with Crippen molar-refractivity contribution in [2.45, 2.75) is 6.92 Å². The summed E-state index contributed by atoms with van der Waals surface area (Å²) in [4.78, 5) is 11.9. The van der Waals surface area contributed by atoms with E-state index in [0.29, 0.717) is 16.4 Å². The molecule has 7 heteroatoms. The van der Waals surface area contributed by atoms with E-state index in [0.717, 1.165) is 5.01 Å². The third kappa shape index (κ3) is 2.77. The maximum absolute atomic E-state index is 11.9. The van der Waals surface area contributed by atoms with E-state index in [2.05, 4.69) is 20.9 Å². The number of carbonyl (C=O) groups is 1. The number of nitrogens with zero attached hydrogens (tertiary/aromatic N) is 2. The monoisotopic (exact) mass is 249 g/mol. The summed E-state index contributed by atoms with van der Waals surface area (Å²) in [7, 11) is 0. The molecule has 88 valence electrons. The van der Waals surface area contributed by atoms with E-state index in [4.69, 9.17) is 5.84 Å². The normalized spacial score (nSPS) is 10.0. The molecular formula is C10H11N5OS. The van der Waals surface area contributed by atoms with Crippen LogP contribution in [0.3, 0.4) is 0 Å². The molecular weight excluding hydrogens is 238 g/mol. The van der Waals surface area contributed by atoms with Gasteiger partial charge < -0.3 is 5.43 Å². The van der Waals surface area contributed by atoms with E-state index in [9.17, 15) is 4.79 Å². The van der Waals surface area contributed by atoms with Gasteiger partial charge in [-0.15, -0.1) is 10.2 Å². The molecule has 0 radical (unpaired) electrons. The van der Waals surface area contributed by atoms with Crippen molar-refractivity contribution in [1.82, 2.24) is 10.2 Å². The van der Waals surface area contributed by atoms with Crippen LogP contribution in [0, 0.1) is 6.92 Å². The number of nitrogens with one attached hydrogen (secondary N) is 2. The molecule has 17 heavy (non-hydrogen) atoms. The van der Waals surface area contributed by atoms with Crippen LogP contribution in [-0.4, -0.2) is 16.1 Å². The second-order valence-electron chi connectivity index (χ2n) is 3.31. The van der Waals surface area contributed by atoms with Crippen LogP contribution in [0.1, 0.15) is 15.4 Å². The molecule has 2 aromatic rings. The average Bonchev–Trinajstić information content (AvgIpc) is 2.75. The number of aromatic nitrogens is 2. The first-order valence-corrected chi connectivity index (χ1v) is 5.69. The van der Waals surface area contributed by atoms with Crippen LogP contribution < -0.4 is 16.6 Å². The number of aryl methyl sites for hydroxylation is 1. The third-order valence-corrected chi connectivity index (χ3v) is 2.79. The molecule has 0 bridgehead atoms. The zero-order chi connectivity index (χ0) is 12.3. The molecule has 2 rings (SSSR count). The lowest BCUT2D eigenvalue weighted by Crippen LogP contribution is -2.13. The topological polar surface area (TPSA) is 92.9 Å². The van der Waals surface area contributed by atoms with E-state index < -0.39 is 0 Å². The van der Waals surface area contributed by atoms with Gasteiger partial charge in [0.15, 0.2) is 0 Å². The minimum absolute atomic E-state index is 0.238. The van der Waals surface area contributed by atoms with Crippen molar-refractivity contribution < 1.29 is 4.79 Å². The molecule has 1 amide bonds. The Hall–Kier alpha value is -1.99. The number of benzene rings is 1. The number of carbonyl (C=O) groups excluding carboxylic acids is 1. The second kappa shape index (κ2) is 4.89. The van der Waals surface area contributed by atoms with E-state index in [1.165, 1.54) is 11.3 Å². The Morgan fingerprint density at radius 3 is 2.88 bits per heavy atom. The van der Waals surface area contributed by atoms with Gasteiger partial charge in [0, 0.05) is 11.3 Å². The van der Waals surface area contributed by atoms with Gasteiger partial charge in [0.1, 0.15) is 5.01 Å². The molecule has 0 saturated heterocycles. The van der Waals surface area contributed by atoms with Gasteiger partial charge in [0.25, 0.3) is 5.91 Å². The van der Waals surface area contributed by atoms with E-state index in [1.54, 1.807) is 24.3 Å². The van der Waals surface area contributed by atoms with Gasteiger partial charge in [0.05, 0.1) is 0 Å². The number of rotatable bonds is 3. The van der Waals surface area contributed by atoms with Gasteiger partial charge in [-0.05, 0) is 25.1 Å². The number of nitrogen functional groups attached to an aromatic ring is 1. The Balaban J connectivity index is 2.14. The minimum Gasteiger partial charge on any atom is -0.324 e. The highest BCUT2D eigenvalue weighted by Crippen LogP contribution is 2.16. The molecule has 0 saturated carbocycles. The maximum Gasteiger partial charge on any atom is 0.257 e. The molecule has 1 aromatic heterocycles. The molecule has 0 aliphatic rings. The highest BCUT2D eigenvalue weighted by molar-refractivity contribution is 7.15. The van der Waals surface area contributed by atoms with Crippen molar-refractivity contribution in [2.75, 3.05) is 10.7 Å². The summed E-state index contributed by atoms with van der Waals surface area (Å²) in [5.41, 5.74) is 3.66. The minimum atomic E-state index is -0.238. The van der Waals surface area contributed by atoms with Gasteiger partial charge in [0.2, 0.25) is 5.13 Å². The Kier molecular flexibility index (Phi) is 3.31. The summed E-state index contributed by atoms with van der Waals surface area (Å²) in [6, 6.07) is 6.87. The summed E-state index contributed by atoms with van der Waals surface area (Å²) in [6.07, 6.45) is 0. The van der Waals surface area contributed by atoms with Crippen molar-refractivity contribution in [1.29, 1.82) is 0 Å². The van der Waals surface area contributed by atoms with Crippen LogP contribution in [0.4, 0.5) is 10.8 Å². The van der Waals surface area contributed by atoms with Crippen LogP contribution in [0.5, 0.6) is 0 Å². The third-order valence-electron chi connectivity index (χ3n) is 2.04. The average molecular weight is 249 g/mol. The lowest BCUT2D eigenvalue weighted by atomic mass is 10.2. The lowest BCUT2D eigenvalue weighted by molar-refractivity contribution is 0.102. The largest absolute Gasteiger partial charge is 0.324 e. The van der Waals surface area contributed by atoms with Crippen molar-refractivity contribution in [3.63, 3.8) is 0 Å². The fraction of sp³-hybridized carbons (Fsp3) is 0.100.